The van der Waals surface area contributed by atoms with Crippen molar-refractivity contribution >= 4 is 27.3 Å². The summed E-state index contributed by atoms with van der Waals surface area (Å²) < 4.78 is 1.24. The van der Waals surface area contributed by atoms with Crippen LogP contribution in [0.15, 0.2) is 29.6 Å². The lowest BCUT2D eigenvalue weighted by Gasteiger charge is -2.18. The maximum Gasteiger partial charge on any atom is 0.253 e. The molecule has 1 saturated heterocycles. The van der Waals surface area contributed by atoms with Crippen molar-refractivity contribution in [2.45, 2.75) is 18.9 Å². The molecule has 4 rings (SSSR count). The van der Waals surface area contributed by atoms with Crippen LogP contribution in [0, 0.1) is 11.8 Å². The van der Waals surface area contributed by atoms with E-state index >= 15 is 0 Å². The average molecular weight is 286 g/mol. The minimum atomic E-state index is 0.166. The number of hydrogen-bond acceptors (Lipinski definition) is 3. The first kappa shape index (κ1) is 12.4. The topological polar surface area (TPSA) is 46.3 Å². The van der Waals surface area contributed by atoms with Gasteiger partial charge in [0.05, 0.1) is 0 Å². The minimum absolute atomic E-state index is 0.166. The molecule has 2 fully saturated rings. The molecule has 1 saturated carbocycles. The molecule has 3 nitrogen and oxygen atoms in total. The Labute approximate surface area is 122 Å². The molecule has 1 aromatic carbocycles. The van der Waals surface area contributed by atoms with Crippen LogP contribution in [0.25, 0.3) is 10.1 Å². The molecule has 0 bridgehead atoms. The fourth-order valence-electron chi connectivity index (χ4n) is 3.76. The van der Waals surface area contributed by atoms with Crippen molar-refractivity contribution in [1.29, 1.82) is 0 Å². The summed E-state index contributed by atoms with van der Waals surface area (Å²) in [4.78, 5) is 14.6. The number of carbonyl (C=O) groups excluding carboxylic acids is 1. The molecule has 3 atom stereocenters. The zero-order valence-electron chi connectivity index (χ0n) is 11.3. The lowest BCUT2D eigenvalue weighted by Crippen LogP contribution is -2.33. The number of amides is 1. The molecule has 2 N–H and O–H groups in total. The van der Waals surface area contributed by atoms with Gasteiger partial charge in [-0.15, -0.1) is 11.3 Å². The molecule has 2 aliphatic rings. The molecule has 1 aromatic heterocycles. The van der Waals surface area contributed by atoms with Gasteiger partial charge in [-0.2, -0.15) is 0 Å². The number of benzene rings is 1. The number of carbonyl (C=O) groups is 1. The lowest BCUT2D eigenvalue weighted by molar-refractivity contribution is 0.0780. The molecule has 4 heteroatoms. The Morgan fingerprint density at radius 2 is 2.15 bits per heavy atom. The Morgan fingerprint density at radius 1 is 1.25 bits per heavy atom. The molecule has 1 amide bonds. The first-order valence-corrected chi connectivity index (χ1v) is 8.12. The molecule has 1 aliphatic carbocycles. The van der Waals surface area contributed by atoms with Crippen LogP contribution in [0.2, 0.25) is 0 Å². The van der Waals surface area contributed by atoms with Crippen LogP contribution in [0.3, 0.4) is 0 Å². The first-order chi connectivity index (χ1) is 9.72. The van der Waals surface area contributed by atoms with Gasteiger partial charge in [0.2, 0.25) is 0 Å². The summed E-state index contributed by atoms with van der Waals surface area (Å²) in [6, 6.07) is 8.38. The van der Waals surface area contributed by atoms with Gasteiger partial charge >= 0.3 is 0 Å². The van der Waals surface area contributed by atoms with Crippen LogP contribution < -0.4 is 5.73 Å². The van der Waals surface area contributed by atoms with Crippen molar-refractivity contribution < 1.29 is 4.79 Å². The van der Waals surface area contributed by atoms with Crippen molar-refractivity contribution in [2.75, 3.05) is 13.1 Å². The molecule has 2 heterocycles. The maximum absolute atomic E-state index is 12.6. The van der Waals surface area contributed by atoms with Crippen molar-refractivity contribution in [3.05, 3.63) is 35.2 Å². The van der Waals surface area contributed by atoms with E-state index in [1.165, 1.54) is 11.1 Å². The van der Waals surface area contributed by atoms with E-state index in [4.69, 9.17) is 5.73 Å². The van der Waals surface area contributed by atoms with Gasteiger partial charge in [0.15, 0.2) is 0 Å². The molecule has 0 radical (unpaired) electrons. The van der Waals surface area contributed by atoms with Crippen LogP contribution in [0.1, 0.15) is 23.2 Å². The molecule has 0 spiro atoms. The third-order valence-corrected chi connectivity index (χ3v) is 5.80. The predicted molar refractivity (Wildman–Crippen MR) is 81.9 cm³/mol. The molecule has 1 aliphatic heterocycles. The van der Waals surface area contributed by atoms with E-state index in [9.17, 15) is 4.79 Å². The monoisotopic (exact) mass is 286 g/mol. The summed E-state index contributed by atoms with van der Waals surface area (Å²) in [5.41, 5.74) is 6.95. The van der Waals surface area contributed by atoms with Gasteiger partial charge in [-0.05, 0) is 59.7 Å². The lowest BCUT2D eigenvalue weighted by atomic mass is 9.98. The molecule has 2 aromatic rings. The van der Waals surface area contributed by atoms with E-state index in [1.54, 1.807) is 11.3 Å². The molecular weight excluding hydrogens is 268 g/mol. The third-order valence-electron chi connectivity index (χ3n) is 4.90. The van der Waals surface area contributed by atoms with Crippen LogP contribution in [-0.2, 0) is 0 Å². The van der Waals surface area contributed by atoms with E-state index in [2.05, 4.69) is 17.5 Å². The molecule has 3 unspecified atom stereocenters. The summed E-state index contributed by atoms with van der Waals surface area (Å²) >= 11 is 1.71. The number of nitrogens with zero attached hydrogens (tertiary/aromatic N) is 1. The highest BCUT2D eigenvalue weighted by atomic mass is 32.1. The largest absolute Gasteiger partial charge is 0.338 e. The number of nitrogens with two attached hydrogens (primary N) is 1. The highest BCUT2D eigenvalue weighted by molar-refractivity contribution is 7.17. The number of likely N-dealkylation sites (tertiary alicyclic amines) is 1. The quantitative estimate of drug-likeness (QED) is 0.876. The van der Waals surface area contributed by atoms with Crippen molar-refractivity contribution in [2.24, 2.45) is 17.6 Å². The summed E-state index contributed by atoms with van der Waals surface area (Å²) in [6.45, 7) is 1.73. The highest BCUT2D eigenvalue weighted by Crippen LogP contribution is 2.37. The van der Waals surface area contributed by atoms with Crippen LogP contribution >= 0.6 is 11.3 Å². The second kappa shape index (κ2) is 4.57. The second-order valence-electron chi connectivity index (χ2n) is 6.05. The maximum atomic E-state index is 12.6. The van der Waals surface area contributed by atoms with Crippen molar-refractivity contribution in [3.8, 4) is 0 Å². The van der Waals surface area contributed by atoms with Gasteiger partial charge in [-0.3, -0.25) is 4.79 Å². The van der Waals surface area contributed by atoms with Crippen LogP contribution in [0.5, 0.6) is 0 Å². The van der Waals surface area contributed by atoms with E-state index in [0.717, 1.165) is 30.5 Å². The zero-order chi connectivity index (χ0) is 13.7. The normalized spacial score (nSPS) is 29.1. The first-order valence-electron chi connectivity index (χ1n) is 7.24. The average Bonchev–Trinajstić information content (AvgIpc) is 3.14. The van der Waals surface area contributed by atoms with Gasteiger partial charge in [0, 0.05) is 29.4 Å². The Morgan fingerprint density at radius 3 is 3.00 bits per heavy atom. The standard InChI is InChI=1S/C16H18N2OS/c17-14-3-1-12-8-18(9-13(12)14)16(19)11-2-4-15-10(7-11)5-6-20-15/h2,4-7,12-14H,1,3,8-9,17H2. The van der Waals surface area contributed by atoms with Crippen molar-refractivity contribution in [3.63, 3.8) is 0 Å². The Kier molecular flexibility index (Phi) is 2.82. The van der Waals surface area contributed by atoms with Crippen molar-refractivity contribution in [1.82, 2.24) is 4.90 Å². The molecule has 104 valence electrons. The fourth-order valence-corrected chi connectivity index (χ4v) is 4.53. The van der Waals surface area contributed by atoms with Gasteiger partial charge in [-0.25, -0.2) is 0 Å². The summed E-state index contributed by atoms with van der Waals surface area (Å²) in [5, 5.41) is 3.23. The minimum Gasteiger partial charge on any atom is -0.338 e. The van der Waals surface area contributed by atoms with Gasteiger partial charge in [0.1, 0.15) is 0 Å². The number of fused-ring (bicyclic) bond motifs is 2. The Balaban J connectivity index is 1.58. The number of hydrogen-bond donors (Lipinski definition) is 1. The summed E-state index contributed by atoms with van der Waals surface area (Å²) in [6.07, 6.45) is 2.30. The Bertz CT molecular complexity index is 665. The van der Waals surface area contributed by atoms with E-state index in [1.807, 2.05) is 17.0 Å². The predicted octanol–water partition coefficient (Wildman–Crippen LogP) is 2.71. The van der Waals surface area contributed by atoms with Gasteiger partial charge in [0.25, 0.3) is 5.91 Å². The highest BCUT2D eigenvalue weighted by Gasteiger charge is 2.42. The second-order valence-corrected chi connectivity index (χ2v) is 7.00. The van der Waals surface area contributed by atoms with E-state index < -0.39 is 0 Å². The summed E-state index contributed by atoms with van der Waals surface area (Å²) in [7, 11) is 0. The number of rotatable bonds is 1. The van der Waals surface area contributed by atoms with Crippen LogP contribution in [0.4, 0.5) is 0 Å². The van der Waals surface area contributed by atoms with E-state index in [-0.39, 0.29) is 11.9 Å². The third kappa shape index (κ3) is 1.86. The SMILES string of the molecule is NC1CCC2CN(C(=O)c3ccc4sccc4c3)CC12. The van der Waals surface area contributed by atoms with E-state index in [0.29, 0.717) is 11.8 Å². The zero-order valence-corrected chi connectivity index (χ0v) is 12.1. The molecular formula is C16H18N2OS. The fraction of sp³-hybridized carbons (Fsp3) is 0.438. The smallest absolute Gasteiger partial charge is 0.253 e. The van der Waals surface area contributed by atoms with Gasteiger partial charge in [-0.1, -0.05) is 0 Å². The number of thiophene rings is 1. The summed E-state index contributed by atoms with van der Waals surface area (Å²) in [5.74, 6) is 1.31. The van der Waals surface area contributed by atoms with Gasteiger partial charge < -0.3 is 10.6 Å². The van der Waals surface area contributed by atoms with Crippen LogP contribution in [-0.4, -0.2) is 29.9 Å². The Hall–Kier alpha value is -1.39. The molecule has 20 heavy (non-hydrogen) atoms.